The first-order valence-electron chi connectivity index (χ1n) is 5.04. The molecule has 0 atom stereocenters. The van der Waals surface area contributed by atoms with Crippen LogP contribution in [0.5, 0.6) is 0 Å². The third kappa shape index (κ3) is 1.69. The molecule has 2 N–H and O–H groups in total. The molecule has 0 saturated heterocycles. The van der Waals surface area contributed by atoms with E-state index in [1.165, 1.54) is 0 Å². The number of nitrogens with one attached hydrogen (secondary N) is 2. The van der Waals surface area contributed by atoms with E-state index >= 15 is 0 Å². The second-order valence-corrected chi connectivity index (χ2v) is 4.79. The van der Waals surface area contributed by atoms with Crippen LogP contribution in [-0.2, 0) is 0 Å². The van der Waals surface area contributed by atoms with Gasteiger partial charge in [-0.1, -0.05) is 0 Å². The molecule has 82 valence electrons. The SMILES string of the molecule is O=C(NC1CC1)c1[nH]nc2ncc(Br)cc12. The van der Waals surface area contributed by atoms with Gasteiger partial charge in [0.1, 0.15) is 5.69 Å². The topological polar surface area (TPSA) is 70.7 Å². The van der Waals surface area contributed by atoms with Crippen molar-refractivity contribution in [3.05, 3.63) is 22.4 Å². The zero-order valence-electron chi connectivity index (χ0n) is 8.33. The predicted molar refractivity (Wildman–Crippen MR) is 62.1 cm³/mol. The largest absolute Gasteiger partial charge is 0.348 e. The fourth-order valence-corrected chi connectivity index (χ4v) is 1.86. The van der Waals surface area contributed by atoms with Crippen LogP contribution in [0, 0.1) is 0 Å². The number of halogens is 1. The van der Waals surface area contributed by atoms with Gasteiger partial charge in [-0.25, -0.2) is 4.98 Å². The summed E-state index contributed by atoms with van der Waals surface area (Å²) in [6, 6.07) is 2.18. The molecule has 6 heteroatoms. The number of carbonyl (C=O) groups excluding carboxylic acids is 1. The van der Waals surface area contributed by atoms with Crippen molar-refractivity contribution in [3.8, 4) is 0 Å². The van der Waals surface area contributed by atoms with Crippen LogP contribution in [0.3, 0.4) is 0 Å². The Balaban J connectivity index is 2.01. The van der Waals surface area contributed by atoms with Gasteiger partial charge in [-0.3, -0.25) is 9.89 Å². The first kappa shape index (κ1) is 9.77. The Morgan fingerprint density at radius 3 is 3.12 bits per heavy atom. The lowest BCUT2D eigenvalue weighted by Gasteiger charge is -2.00. The lowest BCUT2D eigenvalue weighted by Crippen LogP contribution is -2.25. The number of amides is 1. The predicted octanol–water partition coefficient (Wildman–Crippen LogP) is 1.61. The number of rotatable bonds is 2. The molecule has 16 heavy (non-hydrogen) atoms. The summed E-state index contributed by atoms with van der Waals surface area (Å²) in [5.41, 5.74) is 1.04. The summed E-state index contributed by atoms with van der Waals surface area (Å²) < 4.78 is 0.835. The second kappa shape index (κ2) is 3.55. The van der Waals surface area contributed by atoms with Gasteiger partial charge in [0.2, 0.25) is 0 Å². The van der Waals surface area contributed by atoms with Crippen LogP contribution in [0.15, 0.2) is 16.7 Å². The number of pyridine rings is 1. The van der Waals surface area contributed by atoms with Gasteiger partial charge in [0.05, 0.1) is 5.39 Å². The van der Waals surface area contributed by atoms with Gasteiger partial charge >= 0.3 is 0 Å². The number of hydrogen-bond acceptors (Lipinski definition) is 3. The van der Waals surface area contributed by atoms with E-state index in [0.717, 1.165) is 22.7 Å². The Morgan fingerprint density at radius 2 is 2.38 bits per heavy atom. The highest BCUT2D eigenvalue weighted by Crippen LogP contribution is 2.22. The number of hydrogen-bond donors (Lipinski definition) is 2. The number of carbonyl (C=O) groups is 1. The molecule has 1 amide bonds. The lowest BCUT2D eigenvalue weighted by atomic mass is 10.2. The van der Waals surface area contributed by atoms with E-state index in [0.29, 0.717) is 17.4 Å². The van der Waals surface area contributed by atoms with Gasteiger partial charge < -0.3 is 5.32 Å². The van der Waals surface area contributed by atoms with Crippen LogP contribution in [0.4, 0.5) is 0 Å². The molecule has 2 aromatic rings. The maximum absolute atomic E-state index is 11.9. The highest BCUT2D eigenvalue weighted by molar-refractivity contribution is 9.10. The van der Waals surface area contributed by atoms with Crippen molar-refractivity contribution >= 4 is 32.9 Å². The average Bonchev–Trinajstić information content (AvgIpc) is 2.96. The molecule has 1 saturated carbocycles. The summed E-state index contributed by atoms with van der Waals surface area (Å²) in [4.78, 5) is 16.0. The molecular formula is C10H9BrN4O. The zero-order valence-corrected chi connectivity index (χ0v) is 9.91. The van der Waals surface area contributed by atoms with Crippen molar-refractivity contribution in [1.82, 2.24) is 20.5 Å². The van der Waals surface area contributed by atoms with Crippen LogP contribution in [-0.4, -0.2) is 27.1 Å². The van der Waals surface area contributed by atoms with E-state index in [2.05, 4.69) is 36.4 Å². The van der Waals surface area contributed by atoms with E-state index in [9.17, 15) is 4.79 Å². The average molecular weight is 281 g/mol. The maximum Gasteiger partial charge on any atom is 0.270 e. The molecule has 0 aliphatic heterocycles. The highest BCUT2D eigenvalue weighted by atomic mass is 79.9. The number of H-pyrrole nitrogens is 1. The smallest absolute Gasteiger partial charge is 0.270 e. The lowest BCUT2D eigenvalue weighted by molar-refractivity contribution is 0.0947. The number of aromatic amines is 1. The van der Waals surface area contributed by atoms with Crippen LogP contribution in [0.1, 0.15) is 23.3 Å². The Bertz CT molecular complexity index is 561. The second-order valence-electron chi connectivity index (χ2n) is 3.87. The van der Waals surface area contributed by atoms with Crippen molar-refractivity contribution < 1.29 is 4.79 Å². The standard InChI is InChI=1S/C10H9BrN4O/c11-5-3-7-8(10(16)13-6-1-2-6)14-15-9(7)12-4-5/h3-4,6H,1-2H2,(H,13,16)(H,12,14,15). The molecule has 0 bridgehead atoms. The van der Waals surface area contributed by atoms with Crippen LogP contribution in [0.2, 0.25) is 0 Å². The minimum absolute atomic E-state index is 0.107. The summed E-state index contributed by atoms with van der Waals surface area (Å²) in [6.45, 7) is 0. The van der Waals surface area contributed by atoms with Crippen molar-refractivity contribution in [2.24, 2.45) is 0 Å². The Morgan fingerprint density at radius 1 is 1.56 bits per heavy atom. The molecule has 2 heterocycles. The Kier molecular flexibility index (Phi) is 2.17. The molecular weight excluding hydrogens is 272 g/mol. The van der Waals surface area contributed by atoms with Gasteiger partial charge in [0.25, 0.3) is 5.91 Å². The van der Waals surface area contributed by atoms with Gasteiger partial charge in [-0.05, 0) is 34.8 Å². The molecule has 2 aromatic heterocycles. The van der Waals surface area contributed by atoms with E-state index < -0.39 is 0 Å². The molecule has 1 fully saturated rings. The van der Waals surface area contributed by atoms with Crippen molar-refractivity contribution in [3.63, 3.8) is 0 Å². The van der Waals surface area contributed by atoms with Gasteiger partial charge in [0, 0.05) is 16.7 Å². The normalized spacial score (nSPS) is 15.3. The summed E-state index contributed by atoms with van der Waals surface area (Å²) in [6.07, 6.45) is 3.80. The maximum atomic E-state index is 11.9. The van der Waals surface area contributed by atoms with Gasteiger partial charge in [0.15, 0.2) is 5.65 Å². The first-order valence-corrected chi connectivity index (χ1v) is 5.84. The molecule has 0 radical (unpaired) electrons. The fraction of sp³-hybridized carbons (Fsp3) is 0.300. The third-order valence-electron chi connectivity index (χ3n) is 2.52. The third-order valence-corrected chi connectivity index (χ3v) is 2.95. The van der Waals surface area contributed by atoms with Crippen molar-refractivity contribution in [2.45, 2.75) is 18.9 Å². The molecule has 3 rings (SSSR count). The summed E-state index contributed by atoms with van der Waals surface area (Å²) in [5.74, 6) is -0.107. The van der Waals surface area contributed by atoms with Crippen LogP contribution >= 0.6 is 15.9 Å². The van der Waals surface area contributed by atoms with E-state index in [-0.39, 0.29) is 5.91 Å². The summed E-state index contributed by atoms with van der Waals surface area (Å²) >= 11 is 3.33. The molecule has 0 unspecified atom stereocenters. The molecule has 0 spiro atoms. The molecule has 1 aliphatic carbocycles. The molecule has 5 nitrogen and oxygen atoms in total. The van der Waals surface area contributed by atoms with Crippen molar-refractivity contribution in [1.29, 1.82) is 0 Å². The molecule has 0 aromatic carbocycles. The van der Waals surface area contributed by atoms with E-state index in [1.54, 1.807) is 6.20 Å². The summed E-state index contributed by atoms with van der Waals surface area (Å²) in [7, 11) is 0. The number of fused-ring (bicyclic) bond motifs is 1. The quantitative estimate of drug-likeness (QED) is 0.878. The fourth-order valence-electron chi connectivity index (χ4n) is 1.53. The van der Waals surface area contributed by atoms with Crippen LogP contribution < -0.4 is 5.32 Å². The minimum atomic E-state index is -0.107. The monoisotopic (exact) mass is 280 g/mol. The first-order chi connectivity index (χ1) is 7.74. The molecule has 1 aliphatic rings. The Hall–Kier alpha value is -1.43. The zero-order chi connectivity index (χ0) is 11.1. The van der Waals surface area contributed by atoms with Gasteiger partial charge in [-0.2, -0.15) is 5.10 Å². The van der Waals surface area contributed by atoms with E-state index in [4.69, 9.17) is 0 Å². The number of nitrogens with zero attached hydrogens (tertiary/aromatic N) is 2. The van der Waals surface area contributed by atoms with Gasteiger partial charge in [-0.15, -0.1) is 0 Å². The highest BCUT2D eigenvalue weighted by Gasteiger charge is 2.25. The Labute approximate surface area is 99.8 Å². The van der Waals surface area contributed by atoms with Crippen molar-refractivity contribution in [2.75, 3.05) is 0 Å². The number of aromatic nitrogens is 3. The summed E-state index contributed by atoms with van der Waals surface area (Å²) in [5, 5.41) is 10.4. The van der Waals surface area contributed by atoms with Crippen LogP contribution in [0.25, 0.3) is 11.0 Å². The van der Waals surface area contributed by atoms with E-state index in [1.807, 2.05) is 6.07 Å². The minimum Gasteiger partial charge on any atom is -0.348 e.